The largest absolute Gasteiger partial charge is 0.481 e. The van der Waals surface area contributed by atoms with E-state index in [1.807, 2.05) is 0 Å². The number of Topliss-reactive ketones (excluding diaryl/α,β-unsaturated/α-hetero) is 2. The molecule has 11 amide bonds. The van der Waals surface area contributed by atoms with Crippen LogP contribution < -0.4 is 59.3 Å². The fraction of sp³-hybridized carbons (Fsp3) is 0.495. The van der Waals surface area contributed by atoms with E-state index in [9.17, 15) is 58.2 Å². The summed E-state index contributed by atoms with van der Waals surface area (Å²) in [6.45, 7) is 4.87. The number of fused-ring (bicyclic) bond motifs is 15. The number of aliphatic hydroxyl groups excluding tert-OH is 1. The van der Waals surface area contributed by atoms with E-state index >= 15 is 44.4 Å². The molecule has 2 fully saturated rings. The van der Waals surface area contributed by atoms with Gasteiger partial charge in [0.25, 0.3) is 0 Å². The van der Waals surface area contributed by atoms with Crippen LogP contribution in [0.4, 0.5) is 0 Å². The average molecular weight is 2050 g/mol. The molecule has 0 radical (unpaired) electrons. The summed E-state index contributed by atoms with van der Waals surface area (Å²) in [5.74, 6) is -21.1. The third kappa shape index (κ3) is 29.3. The van der Waals surface area contributed by atoms with Crippen molar-refractivity contribution in [1.29, 1.82) is 0 Å². The van der Waals surface area contributed by atoms with Gasteiger partial charge in [-0.1, -0.05) is 137 Å². The Morgan fingerprint density at radius 1 is 0.479 bits per heavy atom. The van der Waals surface area contributed by atoms with Crippen LogP contribution in [0.2, 0.25) is 0 Å². The monoisotopic (exact) mass is 2050 g/mol. The molecule has 1 saturated carbocycles. The maximum Gasteiger partial charge on any atom is 0.305 e. The zero-order valence-electron chi connectivity index (χ0n) is 78.4. The molecular formula is C95H123N17O22S6. The van der Waals surface area contributed by atoms with E-state index < -0.39 is 252 Å². The number of thioether (sulfide) groups is 3. The van der Waals surface area contributed by atoms with Crippen LogP contribution in [0.25, 0.3) is 21.8 Å². The van der Waals surface area contributed by atoms with Gasteiger partial charge < -0.3 is 84.4 Å². The van der Waals surface area contributed by atoms with Crippen molar-refractivity contribution in [3.05, 3.63) is 178 Å². The summed E-state index contributed by atoms with van der Waals surface area (Å²) in [4.78, 5) is 211. The fourth-order valence-corrected chi connectivity index (χ4v) is 26.4. The molecule has 1 aliphatic carbocycles. The summed E-state index contributed by atoms with van der Waals surface area (Å²) in [7, 11) is -13.3. The third-order valence-corrected chi connectivity index (χ3v) is 34.7. The lowest BCUT2D eigenvalue weighted by molar-refractivity contribution is -0.143. The maximum atomic E-state index is 15.7. The van der Waals surface area contributed by atoms with Crippen molar-refractivity contribution >= 4 is 170 Å². The van der Waals surface area contributed by atoms with Gasteiger partial charge in [0.1, 0.15) is 60.2 Å². The number of aromatic amines is 2. The van der Waals surface area contributed by atoms with Crippen LogP contribution in [-0.4, -0.2) is 277 Å². The van der Waals surface area contributed by atoms with Crippen molar-refractivity contribution in [2.45, 2.75) is 205 Å². The number of amides is 11. The molecule has 0 spiro atoms. The zero-order valence-corrected chi connectivity index (χ0v) is 83.3. The number of aliphatic carboxylic acids is 1. The van der Waals surface area contributed by atoms with E-state index in [4.69, 9.17) is 11.5 Å². The average Bonchev–Trinajstić information content (AvgIpc) is 1.25. The molecule has 3 unspecified atom stereocenters. The number of ketones is 2. The highest BCUT2D eigenvalue weighted by Crippen LogP contribution is 2.31. The smallest absolute Gasteiger partial charge is 0.305 e. The Balaban J connectivity index is 0.941. The minimum absolute atomic E-state index is 0.0129. The van der Waals surface area contributed by atoms with E-state index in [1.165, 1.54) is 38.6 Å². The fourth-order valence-electron chi connectivity index (χ4n) is 17.6. The molecule has 2 aromatic heterocycles. The number of sulfonamides is 3. The number of primary amides is 1. The molecule has 1 saturated heterocycles. The number of nitrogens with one attached hydrogen (secondary N) is 11. The summed E-state index contributed by atoms with van der Waals surface area (Å²) in [6, 6.07) is 18.6. The molecule has 17 N–H and O–H groups in total. The number of H-pyrrole nitrogens is 2. The molecule has 39 nitrogen and oxygen atoms in total. The predicted octanol–water partition coefficient (Wildman–Crippen LogP) is 1.97. The van der Waals surface area contributed by atoms with Crippen LogP contribution in [0, 0.1) is 23.7 Å². The molecule has 12 rings (SSSR count). The SMILES string of the molecule is CC(C)[C@@H]1NC(=O)[C@H](Cc2c[nH]c3ccccc23)NC(=O)[C@@H]2CSCCS(=O)(=O)N3Cc4cccc(c4)CN(Cc4cccc(c4)CN(Cc4cccc(c4)C3)S(=O)(=O)CCSC[C@@H](C(N)=O)NC(=O)[C@@H]3CCCN3C(=O)[C@H](C(C)C)NC(=O)[C@H](Cc3c[nH]c4ccccc34)NC(=O)CNC(=O)[C@H](CC(=O)O)NC1=O)S(=O)(=O)CCSC[C@H](CC(=O)[C@H](C)N)C(=O)N[C@@H]1C(=O)C[C@@H](CCC[C@H]1O)C(=O)N2. The number of hydrogen-bond acceptors (Lipinski definition) is 25. The summed E-state index contributed by atoms with van der Waals surface area (Å²) in [6.07, 6.45) is -0.898. The highest BCUT2D eigenvalue weighted by atomic mass is 32.2. The van der Waals surface area contributed by atoms with Crippen molar-refractivity contribution in [3.63, 3.8) is 0 Å². The normalized spacial score (nSPS) is 27.1. The number of aliphatic hydroxyl groups is 1. The predicted molar refractivity (Wildman–Crippen MR) is 528 cm³/mol. The summed E-state index contributed by atoms with van der Waals surface area (Å²) in [5.41, 5.74) is 16.7. The lowest BCUT2D eigenvalue weighted by atomic mass is 9.85. The van der Waals surface area contributed by atoms with Gasteiger partial charge in [-0.05, 0) is 108 Å². The summed E-state index contributed by atoms with van der Waals surface area (Å²) in [5, 5.41) is 46.9. The number of rotatable bonds is 12. The van der Waals surface area contributed by atoms with E-state index in [1.54, 1.807) is 148 Å². The van der Waals surface area contributed by atoms with E-state index in [2.05, 4.69) is 57.8 Å². The van der Waals surface area contributed by atoms with Crippen LogP contribution in [0.1, 0.15) is 130 Å². The molecule has 12 bridgehead atoms. The van der Waals surface area contributed by atoms with Crippen molar-refractivity contribution < 1.29 is 103 Å². The lowest BCUT2D eigenvalue weighted by Crippen LogP contribution is -2.61. The molecule has 5 aliphatic rings. The highest BCUT2D eigenvalue weighted by Gasteiger charge is 2.44. The van der Waals surface area contributed by atoms with Gasteiger partial charge in [-0.15, -0.1) is 0 Å². The van der Waals surface area contributed by atoms with Crippen LogP contribution in [0.5, 0.6) is 0 Å². The number of nitrogens with two attached hydrogens (primary N) is 2. The Morgan fingerprint density at radius 2 is 0.950 bits per heavy atom. The van der Waals surface area contributed by atoms with Gasteiger partial charge in [0.05, 0.1) is 48.3 Å². The number of aromatic nitrogens is 2. The molecule has 6 heterocycles. The Bertz CT molecular complexity index is 6100. The first-order valence-electron chi connectivity index (χ1n) is 46.6. The van der Waals surface area contributed by atoms with E-state index in [0.717, 1.165) is 35.3 Å². The number of carboxylic acid groups (broad SMARTS) is 1. The number of carbonyl (C=O) groups excluding carboxylic acids is 13. The quantitative estimate of drug-likeness (QED) is 0.0831. The molecular weight excluding hydrogens is 1920 g/mol. The first-order chi connectivity index (χ1) is 66.6. The molecule has 140 heavy (non-hydrogen) atoms. The minimum atomic E-state index is -4.52. The second-order valence-electron chi connectivity index (χ2n) is 36.8. The van der Waals surface area contributed by atoms with E-state index in [0.29, 0.717) is 72.7 Å². The molecule has 756 valence electrons. The van der Waals surface area contributed by atoms with Crippen LogP contribution in [0.15, 0.2) is 134 Å². The van der Waals surface area contributed by atoms with Crippen molar-refractivity contribution in [3.8, 4) is 0 Å². The third-order valence-electron chi connectivity index (χ3n) is 25.4. The Kier molecular flexibility index (Phi) is 37.7. The van der Waals surface area contributed by atoms with E-state index in [-0.39, 0.29) is 113 Å². The maximum absolute atomic E-state index is 15.7. The van der Waals surface area contributed by atoms with Gasteiger partial charge in [0.15, 0.2) is 5.78 Å². The standard InChI is InChI=1S/C95H123N17O22S6/c1-55(2)83-94(127)103-74(42-82(117)118)89(122)100-45-81(116)101-72(38-65-43-98-70-24-8-6-22-68(65)70)90(123)107-84(56(3)4)95(128)112-28-14-26-77(112)93(126)104-75(86(97)119)53-136-30-33-139(131,132)110-48-60-17-10-15-58(35-60)46-109-47-59-16-11-19-62(36-59)50-111(51-63-20-12-18-61(37-63)49-110)140(133,134)34-31-137-54-76(92(125)102-73(91(124)106-83)39-66-44-99-71-25-9-7-23-69(66)71)105-87(120)64-21-13-27-78(113)85(80(115)40-64)108-88(121)67(41-79(114)57(5)96)52-135-29-32-138(109,129)130/h6-12,15-20,22-25,35-37,43-44,55-57,64,67,72-78,83-85,98-99,113H,13-14,21,26-34,38-42,45-54,96H2,1-5H3,(H2,97,119)(H,100,122)(H,101,116)(H,102,125)(H,103,127)(H,104,126)(H,105,120)(H,106,124)(H,107,123)(H,108,121)(H,117,118)/t57-,64+,67-,72-,73-,74-,75-,76-,77-,78+,83-,84-,85-/m0/s1. The van der Waals surface area contributed by atoms with Crippen molar-refractivity contribution in [2.24, 2.45) is 35.1 Å². The molecule has 7 aromatic rings. The van der Waals surface area contributed by atoms with Gasteiger partial charge in [-0.2, -0.15) is 48.2 Å². The number of carboxylic acids is 1. The Hall–Kier alpha value is -11.1. The topological polar surface area (TPSA) is 587 Å². The van der Waals surface area contributed by atoms with Gasteiger partial charge in [-0.25, -0.2) is 25.3 Å². The lowest BCUT2D eigenvalue weighted by Gasteiger charge is -2.32. The van der Waals surface area contributed by atoms with Gasteiger partial charge in [0, 0.05) is 146 Å². The number of hydrogen-bond donors (Lipinski definition) is 15. The van der Waals surface area contributed by atoms with Crippen molar-refractivity contribution in [1.82, 2.24) is 75.6 Å². The molecule has 5 aromatic carbocycles. The number of carbonyl (C=O) groups is 14. The van der Waals surface area contributed by atoms with Crippen LogP contribution in [-0.2, 0) is 149 Å². The van der Waals surface area contributed by atoms with Gasteiger partial charge in [0.2, 0.25) is 95.0 Å². The highest BCUT2D eigenvalue weighted by molar-refractivity contribution is 8.01. The van der Waals surface area contributed by atoms with Gasteiger partial charge >= 0.3 is 5.97 Å². The first-order valence-corrected chi connectivity index (χ1v) is 54.9. The summed E-state index contributed by atoms with van der Waals surface area (Å²) >= 11 is 2.86. The molecule has 4 aliphatic heterocycles. The van der Waals surface area contributed by atoms with Crippen molar-refractivity contribution in [2.75, 3.05) is 64.9 Å². The first kappa shape index (κ1) is 108. The molecule has 16 atom stereocenters. The second-order valence-corrected chi connectivity index (χ2v) is 46.5. The van der Waals surface area contributed by atoms with Gasteiger partial charge in [-0.3, -0.25) is 67.1 Å². The Labute approximate surface area is 825 Å². The number of benzene rings is 5. The molecule has 45 heteroatoms. The minimum Gasteiger partial charge on any atom is -0.481 e. The number of nitrogens with zero attached hydrogens (tertiary/aromatic N) is 4. The van der Waals surface area contributed by atoms with Crippen LogP contribution in [0.3, 0.4) is 0 Å². The second kappa shape index (κ2) is 49.0. The zero-order chi connectivity index (χ0) is 101. The number of para-hydroxylation sites is 2. The van der Waals surface area contributed by atoms with Crippen LogP contribution >= 0.6 is 35.3 Å². The summed E-state index contributed by atoms with van der Waals surface area (Å²) < 4.78 is 95.8. The Morgan fingerprint density at radius 3 is 1.44 bits per heavy atom.